The second-order valence-corrected chi connectivity index (χ2v) is 8.27. The largest absolute Gasteiger partial charge is 0.493 e. The van der Waals surface area contributed by atoms with Crippen molar-refractivity contribution in [2.24, 2.45) is 5.92 Å². The van der Waals surface area contributed by atoms with Gasteiger partial charge in [-0.15, -0.1) is 0 Å². The van der Waals surface area contributed by atoms with Crippen molar-refractivity contribution in [3.8, 4) is 22.6 Å². The third-order valence-electron chi connectivity index (χ3n) is 6.15. The Bertz CT molecular complexity index is 1010. The Morgan fingerprint density at radius 2 is 1.97 bits per heavy atom. The molecule has 152 valence electrons. The standard InChI is InChI=1S/C23H28N4O2/c1-28-20-7-3-6-19(22(20)29-2)17-10-11-21-24-23(25-27(21)15-17)18-5-4-12-26(14-18)13-16-8-9-16/h3,6-7,10-11,15-16,18H,4-5,8-9,12-14H2,1-2H3/t18-/m1/s1. The fourth-order valence-electron chi connectivity index (χ4n) is 4.44. The van der Waals surface area contributed by atoms with Crippen LogP contribution in [0.4, 0.5) is 0 Å². The van der Waals surface area contributed by atoms with E-state index in [4.69, 9.17) is 19.6 Å². The minimum atomic E-state index is 0.428. The van der Waals surface area contributed by atoms with Crippen LogP contribution in [0.15, 0.2) is 36.5 Å². The van der Waals surface area contributed by atoms with E-state index in [1.54, 1.807) is 14.2 Å². The number of benzene rings is 1. The molecule has 1 aliphatic heterocycles. The van der Waals surface area contributed by atoms with Crippen LogP contribution in [0.5, 0.6) is 11.5 Å². The number of aromatic nitrogens is 3. The molecule has 3 heterocycles. The monoisotopic (exact) mass is 392 g/mol. The Balaban J connectivity index is 1.43. The lowest BCUT2D eigenvalue weighted by molar-refractivity contribution is 0.197. The number of nitrogens with zero attached hydrogens (tertiary/aromatic N) is 4. The van der Waals surface area contributed by atoms with Crippen LogP contribution in [0, 0.1) is 5.92 Å². The minimum Gasteiger partial charge on any atom is -0.493 e. The van der Waals surface area contributed by atoms with Crippen molar-refractivity contribution in [1.82, 2.24) is 19.5 Å². The Morgan fingerprint density at radius 1 is 1.07 bits per heavy atom. The molecule has 2 fully saturated rings. The predicted octanol–water partition coefficient (Wildman–Crippen LogP) is 4.00. The molecule has 0 amide bonds. The minimum absolute atomic E-state index is 0.428. The van der Waals surface area contributed by atoms with Crippen molar-refractivity contribution in [3.63, 3.8) is 0 Å². The van der Waals surface area contributed by atoms with Crippen molar-refractivity contribution < 1.29 is 9.47 Å². The molecule has 0 unspecified atom stereocenters. The van der Waals surface area contributed by atoms with Gasteiger partial charge in [0.05, 0.1) is 14.2 Å². The smallest absolute Gasteiger partial charge is 0.168 e. The van der Waals surface area contributed by atoms with E-state index in [9.17, 15) is 0 Å². The molecule has 1 aromatic carbocycles. The lowest BCUT2D eigenvalue weighted by Gasteiger charge is -2.31. The summed E-state index contributed by atoms with van der Waals surface area (Å²) in [6.45, 7) is 3.56. The summed E-state index contributed by atoms with van der Waals surface area (Å²) in [5.74, 6) is 3.79. The molecule has 1 saturated carbocycles. The van der Waals surface area contributed by atoms with Gasteiger partial charge in [-0.25, -0.2) is 9.50 Å². The van der Waals surface area contributed by atoms with Crippen LogP contribution < -0.4 is 9.47 Å². The van der Waals surface area contributed by atoms with Gasteiger partial charge in [-0.3, -0.25) is 0 Å². The molecule has 6 nitrogen and oxygen atoms in total. The van der Waals surface area contributed by atoms with Crippen LogP contribution >= 0.6 is 0 Å². The Kier molecular flexibility index (Phi) is 4.87. The highest BCUT2D eigenvalue weighted by molar-refractivity contribution is 5.74. The molecule has 0 N–H and O–H groups in total. The molecule has 0 bridgehead atoms. The summed E-state index contributed by atoms with van der Waals surface area (Å²) in [5, 5.41) is 4.86. The van der Waals surface area contributed by atoms with Crippen molar-refractivity contribution >= 4 is 5.65 Å². The summed E-state index contributed by atoms with van der Waals surface area (Å²) < 4.78 is 13.0. The van der Waals surface area contributed by atoms with E-state index in [-0.39, 0.29) is 0 Å². The maximum atomic E-state index is 5.61. The summed E-state index contributed by atoms with van der Waals surface area (Å²) in [6.07, 6.45) is 7.26. The zero-order valence-corrected chi connectivity index (χ0v) is 17.2. The number of fused-ring (bicyclic) bond motifs is 1. The Morgan fingerprint density at radius 3 is 2.76 bits per heavy atom. The number of methoxy groups -OCH3 is 2. The molecule has 6 heteroatoms. The molecule has 1 atom stereocenters. The first-order chi connectivity index (χ1) is 14.2. The highest BCUT2D eigenvalue weighted by atomic mass is 16.5. The molecule has 1 saturated heterocycles. The molecule has 1 aliphatic carbocycles. The Hall–Kier alpha value is -2.60. The molecule has 3 aromatic rings. The number of piperidine rings is 1. The molecule has 5 rings (SSSR count). The second-order valence-electron chi connectivity index (χ2n) is 8.27. The van der Waals surface area contributed by atoms with Gasteiger partial charge in [-0.2, -0.15) is 5.10 Å². The van der Waals surface area contributed by atoms with Crippen molar-refractivity contribution in [2.45, 2.75) is 31.6 Å². The topological polar surface area (TPSA) is 51.9 Å². The fraction of sp³-hybridized carbons (Fsp3) is 0.478. The van der Waals surface area contributed by atoms with Crippen LogP contribution in [-0.2, 0) is 0 Å². The highest BCUT2D eigenvalue weighted by Crippen LogP contribution is 2.38. The van der Waals surface area contributed by atoms with Gasteiger partial charge >= 0.3 is 0 Å². The van der Waals surface area contributed by atoms with Gasteiger partial charge in [0.25, 0.3) is 0 Å². The SMILES string of the molecule is COc1cccc(-c2ccc3nc([C@@H]4CCCN(CC5CC5)C4)nn3c2)c1OC. The van der Waals surface area contributed by atoms with Crippen LogP contribution in [0.2, 0.25) is 0 Å². The van der Waals surface area contributed by atoms with Crippen LogP contribution in [0.3, 0.4) is 0 Å². The van der Waals surface area contributed by atoms with E-state index >= 15 is 0 Å². The quantitative estimate of drug-likeness (QED) is 0.635. The summed E-state index contributed by atoms with van der Waals surface area (Å²) in [7, 11) is 3.33. The van der Waals surface area contributed by atoms with E-state index in [0.29, 0.717) is 5.92 Å². The normalized spacial score (nSPS) is 20.1. The lowest BCUT2D eigenvalue weighted by atomic mass is 9.97. The molecule has 29 heavy (non-hydrogen) atoms. The molecular formula is C23H28N4O2. The van der Waals surface area contributed by atoms with Gasteiger partial charge in [0, 0.05) is 36.3 Å². The summed E-state index contributed by atoms with van der Waals surface area (Å²) in [5.41, 5.74) is 2.91. The van der Waals surface area contributed by atoms with E-state index in [0.717, 1.165) is 46.6 Å². The van der Waals surface area contributed by atoms with Crippen LogP contribution in [0.1, 0.15) is 37.4 Å². The lowest BCUT2D eigenvalue weighted by Crippen LogP contribution is -2.36. The number of rotatable bonds is 6. The zero-order valence-electron chi connectivity index (χ0n) is 17.2. The summed E-state index contributed by atoms with van der Waals surface area (Å²) in [4.78, 5) is 7.46. The highest BCUT2D eigenvalue weighted by Gasteiger charge is 2.29. The van der Waals surface area contributed by atoms with Crippen LogP contribution in [-0.4, -0.2) is 53.4 Å². The third kappa shape index (κ3) is 3.69. The van der Waals surface area contributed by atoms with E-state index in [1.165, 1.54) is 38.8 Å². The fourth-order valence-corrected chi connectivity index (χ4v) is 4.44. The number of pyridine rings is 1. The van der Waals surface area contributed by atoms with Gasteiger partial charge < -0.3 is 14.4 Å². The summed E-state index contributed by atoms with van der Waals surface area (Å²) in [6, 6.07) is 10.0. The number of likely N-dealkylation sites (tertiary alicyclic amines) is 1. The third-order valence-corrected chi connectivity index (χ3v) is 6.15. The van der Waals surface area contributed by atoms with Crippen molar-refractivity contribution in [3.05, 3.63) is 42.4 Å². The number of ether oxygens (including phenoxy) is 2. The van der Waals surface area contributed by atoms with E-state index in [1.807, 2.05) is 35.0 Å². The van der Waals surface area contributed by atoms with Gasteiger partial charge in [0.2, 0.25) is 0 Å². The first-order valence-corrected chi connectivity index (χ1v) is 10.5. The van der Waals surface area contributed by atoms with E-state index in [2.05, 4.69) is 11.0 Å². The summed E-state index contributed by atoms with van der Waals surface area (Å²) >= 11 is 0. The molecule has 2 aliphatic rings. The average Bonchev–Trinajstić information content (AvgIpc) is 3.47. The number of para-hydroxylation sites is 1. The first-order valence-electron chi connectivity index (χ1n) is 10.5. The van der Waals surface area contributed by atoms with Gasteiger partial charge in [0.15, 0.2) is 23.0 Å². The molecule has 2 aromatic heterocycles. The predicted molar refractivity (Wildman–Crippen MR) is 113 cm³/mol. The molecular weight excluding hydrogens is 364 g/mol. The zero-order chi connectivity index (χ0) is 19.8. The number of hydrogen-bond acceptors (Lipinski definition) is 5. The van der Waals surface area contributed by atoms with Gasteiger partial charge in [0.1, 0.15) is 0 Å². The van der Waals surface area contributed by atoms with Crippen molar-refractivity contribution in [2.75, 3.05) is 33.9 Å². The van der Waals surface area contributed by atoms with Crippen LogP contribution in [0.25, 0.3) is 16.8 Å². The molecule has 0 spiro atoms. The van der Waals surface area contributed by atoms with Gasteiger partial charge in [-0.05, 0) is 56.3 Å². The van der Waals surface area contributed by atoms with Gasteiger partial charge in [-0.1, -0.05) is 12.1 Å². The second kappa shape index (κ2) is 7.67. The Labute approximate surface area is 171 Å². The maximum absolute atomic E-state index is 5.61. The average molecular weight is 393 g/mol. The van der Waals surface area contributed by atoms with E-state index < -0.39 is 0 Å². The van der Waals surface area contributed by atoms with Crippen molar-refractivity contribution in [1.29, 1.82) is 0 Å². The number of hydrogen-bond donors (Lipinski definition) is 0. The first kappa shape index (κ1) is 18.4. The molecule has 0 radical (unpaired) electrons. The maximum Gasteiger partial charge on any atom is 0.168 e.